The molecule has 1 aromatic rings. The number of ketones is 1. The van der Waals surface area contributed by atoms with Gasteiger partial charge < -0.3 is 5.32 Å². The van der Waals surface area contributed by atoms with Crippen LogP contribution in [0.4, 0.5) is 0 Å². The summed E-state index contributed by atoms with van der Waals surface area (Å²) in [5.41, 5.74) is 1.98. The van der Waals surface area contributed by atoms with E-state index in [-0.39, 0.29) is 5.78 Å². The average molecular weight is 314 g/mol. The molecule has 0 saturated heterocycles. The van der Waals surface area contributed by atoms with E-state index in [4.69, 9.17) is 0 Å². The number of Topliss-reactive ketones (excluding diaryl/α,β-unsaturated/α-hetero) is 1. The molecular weight excluding hydrogens is 294 g/mol. The van der Waals surface area contributed by atoms with Crippen molar-refractivity contribution in [3.05, 3.63) is 28.5 Å². The zero-order valence-corrected chi connectivity index (χ0v) is 12.6. The second-order valence-corrected chi connectivity index (χ2v) is 4.80. The van der Waals surface area contributed by atoms with Crippen LogP contribution in [0.2, 0.25) is 0 Å². The van der Waals surface area contributed by atoms with Gasteiger partial charge in [0.1, 0.15) is 0 Å². The van der Waals surface area contributed by atoms with E-state index >= 15 is 0 Å². The van der Waals surface area contributed by atoms with Crippen LogP contribution in [0.3, 0.4) is 0 Å². The summed E-state index contributed by atoms with van der Waals surface area (Å²) in [4.78, 5) is 11.8. The smallest absolute Gasteiger partial charge is 0.152 e. The number of aryl methyl sites for hydroxylation is 2. The van der Waals surface area contributed by atoms with Crippen molar-refractivity contribution in [3.63, 3.8) is 0 Å². The topological polar surface area (TPSA) is 46.9 Å². The molecule has 0 aliphatic heterocycles. The third-order valence-electron chi connectivity index (χ3n) is 2.67. The molecule has 18 heavy (non-hydrogen) atoms. The van der Waals surface area contributed by atoms with Gasteiger partial charge in [-0.25, -0.2) is 0 Å². The van der Waals surface area contributed by atoms with Crippen LogP contribution in [0.1, 0.15) is 25.2 Å². The van der Waals surface area contributed by atoms with Gasteiger partial charge in [-0.3, -0.25) is 9.48 Å². The molecule has 0 fully saturated rings. The van der Waals surface area contributed by atoms with Crippen molar-refractivity contribution >= 4 is 21.7 Å². The fraction of sp³-hybridized carbons (Fsp3) is 0.538. The number of carbonyl (C=O) groups excluding carboxylic acids is 1. The molecule has 0 aromatic carbocycles. The summed E-state index contributed by atoms with van der Waals surface area (Å²) in [6, 6.07) is 0. The summed E-state index contributed by atoms with van der Waals surface area (Å²) in [6.07, 6.45) is 3.02. The Kier molecular flexibility index (Phi) is 6.29. The monoisotopic (exact) mass is 313 g/mol. The molecule has 0 unspecified atom stereocenters. The van der Waals surface area contributed by atoms with Gasteiger partial charge in [0.2, 0.25) is 0 Å². The SMILES string of the molecule is C=CCNCC(=O)Cc1c(Br)c(CC)nn1CC. The Morgan fingerprint density at radius 3 is 2.83 bits per heavy atom. The van der Waals surface area contributed by atoms with Crippen LogP contribution < -0.4 is 5.32 Å². The van der Waals surface area contributed by atoms with Crippen molar-refractivity contribution in [3.8, 4) is 0 Å². The van der Waals surface area contributed by atoms with Crippen molar-refractivity contribution < 1.29 is 4.79 Å². The number of nitrogens with zero attached hydrogens (tertiary/aromatic N) is 2. The normalized spacial score (nSPS) is 10.6. The Morgan fingerprint density at radius 2 is 2.28 bits per heavy atom. The quantitative estimate of drug-likeness (QED) is 0.590. The Balaban J connectivity index is 2.73. The molecule has 0 amide bonds. The zero-order valence-electron chi connectivity index (χ0n) is 11.0. The molecule has 1 rings (SSSR count). The highest BCUT2D eigenvalue weighted by Gasteiger charge is 2.16. The Bertz CT molecular complexity index is 426. The van der Waals surface area contributed by atoms with Gasteiger partial charge in [-0.05, 0) is 29.3 Å². The van der Waals surface area contributed by atoms with Gasteiger partial charge in [-0.15, -0.1) is 6.58 Å². The Morgan fingerprint density at radius 1 is 1.56 bits per heavy atom. The minimum atomic E-state index is 0.162. The number of aromatic nitrogens is 2. The number of nitrogens with one attached hydrogen (secondary N) is 1. The molecule has 0 aliphatic rings. The van der Waals surface area contributed by atoms with Gasteiger partial charge in [0.25, 0.3) is 0 Å². The third kappa shape index (κ3) is 3.78. The molecule has 1 heterocycles. The van der Waals surface area contributed by atoms with Crippen LogP contribution in [-0.4, -0.2) is 28.7 Å². The Hall–Kier alpha value is -0.940. The van der Waals surface area contributed by atoms with Crippen LogP contribution >= 0.6 is 15.9 Å². The highest BCUT2D eigenvalue weighted by Crippen LogP contribution is 2.22. The number of hydrogen-bond donors (Lipinski definition) is 1. The molecule has 100 valence electrons. The molecule has 4 nitrogen and oxygen atoms in total. The largest absolute Gasteiger partial charge is 0.307 e. The second-order valence-electron chi connectivity index (χ2n) is 4.01. The van der Waals surface area contributed by atoms with Crippen LogP contribution in [-0.2, 0) is 24.2 Å². The number of halogens is 1. The molecule has 1 N–H and O–H groups in total. The van der Waals surface area contributed by atoms with Gasteiger partial charge in [0, 0.05) is 13.1 Å². The van der Waals surface area contributed by atoms with E-state index in [2.05, 4.69) is 39.8 Å². The van der Waals surface area contributed by atoms with E-state index in [1.807, 2.05) is 11.6 Å². The average Bonchev–Trinajstić information content (AvgIpc) is 2.66. The fourth-order valence-electron chi connectivity index (χ4n) is 1.75. The molecule has 0 saturated carbocycles. The molecule has 5 heteroatoms. The van der Waals surface area contributed by atoms with Crippen LogP contribution in [0, 0.1) is 0 Å². The van der Waals surface area contributed by atoms with E-state index in [1.165, 1.54) is 0 Å². The van der Waals surface area contributed by atoms with Crippen molar-refractivity contribution in [1.82, 2.24) is 15.1 Å². The maximum Gasteiger partial charge on any atom is 0.152 e. The second kappa shape index (κ2) is 7.48. The van der Waals surface area contributed by atoms with Crippen LogP contribution in [0.15, 0.2) is 17.1 Å². The first kappa shape index (κ1) is 15.1. The van der Waals surface area contributed by atoms with Gasteiger partial charge in [0.15, 0.2) is 5.78 Å². The minimum Gasteiger partial charge on any atom is -0.307 e. The number of carbonyl (C=O) groups is 1. The van der Waals surface area contributed by atoms with Crippen LogP contribution in [0.25, 0.3) is 0 Å². The number of hydrogen-bond acceptors (Lipinski definition) is 3. The molecule has 0 atom stereocenters. The fourth-order valence-corrected chi connectivity index (χ4v) is 2.45. The molecular formula is C13H20BrN3O. The molecule has 1 aromatic heterocycles. The lowest BCUT2D eigenvalue weighted by Gasteiger charge is -2.05. The van der Waals surface area contributed by atoms with Crippen molar-refractivity contribution in [1.29, 1.82) is 0 Å². The predicted octanol–water partition coefficient (Wildman–Crippen LogP) is 2.12. The first-order chi connectivity index (χ1) is 8.63. The molecule has 0 spiro atoms. The van der Waals surface area contributed by atoms with Gasteiger partial charge >= 0.3 is 0 Å². The van der Waals surface area contributed by atoms with E-state index in [0.717, 1.165) is 28.8 Å². The summed E-state index contributed by atoms with van der Waals surface area (Å²) in [5.74, 6) is 0.162. The van der Waals surface area contributed by atoms with E-state index in [0.29, 0.717) is 19.5 Å². The zero-order chi connectivity index (χ0) is 13.5. The first-order valence-electron chi connectivity index (χ1n) is 6.21. The van der Waals surface area contributed by atoms with Gasteiger partial charge in [-0.2, -0.15) is 5.10 Å². The summed E-state index contributed by atoms with van der Waals surface area (Å²) in [5, 5.41) is 7.50. The van der Waals surface area contributed by atoms with Crippen molar-refractivity contribution in [2.45, 2.75) is 33.2 Å². The van der Waals surface area contributed by atoms with Crippen molar-refractivity contribution in [2.75, 3.05) is 13.1 Å². The van der Waals surface area contributed by atoms with Crippen molar-refractivity contribution in [2.24, 2.45) is 0 Å². The summed E-state index contributed by atoms with van der Waals surface area (Å²) < 4.78 is 2.87. The van der Waals surface area contributed by atoms with Crippen LogP contribution in [0.5, 0.6) is 0 Å². The summed E-state index contributed by atoms with van der Waals surface area (Å²) >= 11 is 3.54. The first-order valence-corrected chi connectivity index (χ1v) is 7.00. The lowest BCUT2D eigenvalue weighted by atomic mass is 10.2. The highest BCUT2D eigenvalue weighted by atomic mass is 79.9. The standard InChI is InChI=1S/C13H20BrN3O/c1-4-7-15-9-10(18)8-12-13(14)11(5-2)16-17(12)6-3/h4,15H,1,5-9H2,2-3H3. The van der Waals surface area contributed by atoms with E-state index in [1.54, 1.807) is 6.08 Å². The molecule has 0 radical (unpaired) electrons. The van der Waals surface area contributed by atoms with E-state index in [9.17, 15) is 4.79 Å². The third-order valence-corrected chi connectivity index (χ3v) is 3.58. The minimum absolute atomic E-state index is 0.162. The van der Waals surface area contributed by atoms with E-state index < -0.39 is 0 Å². The van der Waals surface area contributed by atoms with Gasteiger partial charge in [-0.1, -0.05) is 13.0 Å². The Labute approximate surface area is 117 Å². The lowest BCUT2D eigenvalue weighted by Crippen LogP contribution is -2.25. The van der Waals surface area contributed by atoms with Gasteiger partial charge in [0.05, 0.1) is 28.8 Å². The summed E-state index contributed by atoms with van der Waals surface area (Å²) in [7, 11) is 0. The maximum atomic E-state index is 11.8. The molecule has 0 aliphatic carbocycles. The highest BCUT2D eigenvalue weighted by molar-refractivity contribution is 9.10. The number of rotatable bonds is 8. The molecule has 0 bridgehead atoms. The predicted molar refractivity (Wildman–Crippen MR) is 76.8 cm³/mol. The maximum absolute atomic E-state index is 11.8. The lowest BCUT2D eigenvalue weighted by molar-refractivity contribution is -0.117. The summed E-state index contributed by atoms with van der Waals surface area (Å²) in [6.45, 7) is 9.49.